The molecule has 7 heteroatoms. The third kappa shape index (κ3) is 4.47. The Labute approximate surface area is 189 Å². The fourth-order valence-electron chi connectivity index (χ4n) is 5.18. The first-order valence-electron chi connectivity index (χ1n) is 12.0. The highest BCUT2D eigenvalue weighted by molar-refractivity contribution is 5.87. The molecule has 1 aliphatic carbocycles. The zero-order chi connectivity index (χ0) is 21.9. The maximum Gasteiger partial charge on any atom is 0.225 e. The average molecular weight is 433 g/mol. The van der Waals surface area contributed by atoms with Crippen LogP contribution in [-0.4, -0.2) is 44.1 Å². The van der Waals surface area contributed by atoms with Crippen LogP contribution in [0.15, 0.2) is 30.3 Å². The summed E-state index contributed by atoms with van der Waals surface area (Å²) in [6.45, 7) is 4.28. The lowest BCUT2D eigenvalue weighted by molar-refractivity contribution is -0.137. The number of fused-ring (bicyclic) bond motifs is 1. The zero-order valence-electron chi connectivity index (χ0n) is 18.8. The van der Waals surface area contributed by atoms with Crippen molar-refractivity contribution < 1.29 is 4.79 Å². The van der Waals surface area contributed by atoms with Crippen LogP contribution < -0.4 is 5.32 Å². The maximum absolute atomic E-state index is 13.0. The number of amides is 1. The molecule has 0 spiro atoms. The van der Waals surface area contributed by atoms with E-state index in [0.717, 1.165) is 72.7 Å². The van der Waals surface area contributed by atoms with Gasteiger partial charge in [-0.3, -0.25) is 14.9 Å². The van der Waals surface area contributed by atoms with Crippen molar-refractivity contribution in [3.05, 3.63) is 47.4 Å². The number of aromatic amines is 1. The van der Waals surface area contributed by atoms with Crippen LogP contribution in [0.2, 0.25) is 0 Å². The lowest BCUT2D eigenvalue weighted by Crippen LogP contribution is -2.43. The van der Waals surface area contributed by atoms with Gasteiger partial charge in [-0.1, -0.05) is 25.3 Å². The first kappa shape index (κ1) is 20.9. The minimum absolute atomic E-state index is 0.238. The maximum atomic E-state index is 13.0. The molecule has 3 aromatic heterocycles. The summed E-state index contributed by atoms with van der Waals surface area (Å²) >= 11 is 0. The summed E-state index contributed by atoms with van der Waals surface area (Å²) in [6, 6.07) is 10.2. The molecule has 4 heterocycles. The minimum Gasteiger partial charge on any atom is -0.362 e. The largest absolute Gasteiger partial charge is 0.362 e. The SMILES string of the molecule is Cc1cccc(CNc2n[nH]c3nc([C@@H]4CCCN(C(=O)C5CCCCC5)C4)ccc23)n1. The second-order valence-corrected chi connectivity index (χ2v) is 9.29. The Bertz CT molecular complexity index is 1090. The van der Waals surface area contributed by atoms with Crippen molar-refractivity contribution in [1.29, 1.82) is 0 Å². The van der Waals surface area contributed by atoms with Gasteiger partial charge in [0, 0.05) is 36.3 Å². The topological polar surface area (TPSA) is 86.8 Å². The normalized spacial score (nSPS) is 19.9. The van der Waals surface area contributed by atoms with Crippen molar-refractivity contribution in [2.45, 2.75) is 64.3 Å². The van der Waals surface area contributed by atoms with Gasteiger partial charge in [0.1, 0.15) is 0 Å². The van der Waals surface area contributed by atoms with Gasteiger partial charge in [-0.2, -0.15) is 5.10 Å². The van der Waals surface area contributed by atoms with Crippen LogP contribution in [0.5, 0.6) is 0 Å². The number of rotatable bonds is 5. The Morgan fingerprint density at radius 2 is 1.97 bits per heavy atom. The van der Waals surface area contributed by atoms with Crippen LogP contribution in [0.4, 0.5) is 5.82 Å². The average Bonchev–Trinajstić information content (AvgIpc) is 3.25. The number of aryl methyl sites for hydroxylation is 1. The molecule has 3 aromatic rings. The van der Waals surface area contributed by atoms with Gasteiger partial charge in [-0.05, 0) is 56.9 Å². The van der Waals surface area contributed by atoms with Crippen molar-refractivity contribution in [3.63, 3.8) is 0 Å². The molecule has 0 bridgehead atoms. The second kappa shape index (κ2) is 9.27. The quantitative estimate of drug-likeness (QED) is 0.617. The molecule has 5 rings (SSSR count). The molecule has 1 amide bonds. The molecule has 1 atom stereocenters. The summed E-state index contributed by atoms with van der Waals surface area (Å²) < 4.78 is 0. The third-order valence-corrected chi connectivity index (χ3v) is 6.93. The highest BCUT2D eigenvalue weighted by Crippen LogP contribution is 2.31. The summed E-state index contributed by atoms with van der Waals surface area (Å²) in [7, 11) is 0. The fourth-order valence-corrected chi connectivity index (χ4v) is 5.18. The number of likely N-dealkylation sites (tertiary alicyclic amines) is 1. The predicted octanol–water partition coefficient (Wildman–Crippen LogP) is 4.56. The van der Waals surface area contributed by atoms with E-state index in [4.69, 9.17) is 4.98 Å². The Morgan fingerprint density at radius 1 is 1.09 bits per heavy atom. The number of nitrogens with one attached hydrogen (secondary N) is 2. The number of nitrogens with zero attached hydrogens (tertiary/aromatic N) is 4. The lowest BCUT2D eigenvalue weighted by atomic mass is 9.86. The first-order chi connectivity index (χ1) is 15.7. The molecule has 0 unspecified atom stereocenters. The number of aromatic nitrogens is 4. The summed E-state index contributed by atoms with van der Waals surface area (Å²) in [6.07, 6.45) is 7.91. The van der Waals surface area contributed by atoms with E-state index in [1.807, 2.05) is 25.1 Å². The van der Waals surface area contributed by atoms with Gasteiger partial charge in [-0.15, -0.1) is 0 Å². The molecule has 1 saturated carbocycles. The summed E-state index contributed by atoms with van der Waals surface area (Å²) in [5.41, 5.74) is 3.83. The van der Waals surface area contributed by atoms with E-state index >= 15 is 0 Å². The molecule has 168 valence electrons. The van der Waals surface area contributed by atoms with Gasteiger partial charge >= 0.3 is 0 Å². The van der Waals surface area contributed by atoms with Crippen LogP contribution in [0, 0.1) is 12.8 Å². The van der Waals surface area contributed by atoms with Crippen molar-refractivity contribution >= 4 is 22.8 Å². The molecule has 7 nitrogen and oxygen atoms in total. The number of hydrogen-bond donors (Lipinski definition) is 2. The smallest absolute Gasteiger partial charge is 0.225 e. The molecule has 1 aliphatic heterocycles. The van der Waals surface area contributed by atoms with Crippen molar-refractivity contribution in [1.82, 2.24) is 25.1 Å². The monoisotopic (exact) mass is 432 g/mol. The van der Waals surface area contributed by atoms with E-state index in [-0.39, 0.29) is 11.8 Å². The van der Waals surface area contributed by atoms with Gasteiger partial charge < -0.3 is 10.2 Å². The molecule has 2 fully saturated rings. The molecule has 32 heavy (non-hydrogen) atoms. The van der Waals surface area contributed by atoms with Crippen molar-refractivity contribution in [2.75, 3.05) is 18.4 Å². The third-order valence-electron chi connectivity index (χ3n) is 6.93. The Kier molecular flexibility index (Phi) is 6.06. The van der Waals surface area contributed by atoms with Crippen LogP contribution in [0.25, 0.3) is 11.0 Å². The highest BCUT2D eigenvalue weighted by Gasteiger charge is 2.30. The van der Waals surface area contributed by atoms with E-state index in [9.17, 15) is 4.79 Å². The fraction of sp³-hybridized carbons (Fsp3) is 0.520. The zero-order valence-corrected chi connectivity index (χ0v) is 18.8. The van der Waals surface area contributed by atoms with E-state index in [2.05, 4.69) is 37.5 Å². The second-order valence-electron chi connectivity index (χ2n) is 9.29. The molecular weight excluding hydrogens is 400 g/mol. The minimum atomic E-state index is 0.238. The molecule has 1 saturated heterocycles. The first-order valence-corrected chi connectivity index (χ1v) is 12.0. The number of hydrogen-bond acceptors (Lipinski definition) is 5. The van der Waals surface area contributed by atoms with Gasteiger partial charge in [0.25, 0.3) is 0 Å². The van der Waals surface area contributed by atoms with Crippen LogP contribution in [0.3, 0.4) is 0 Å². The van der Waals surface area contributed by atoms with Gasteiger partial charge in [0.2, 0.25) is 5.91 Å². The van der Waals surface area contributed by atoms with E-state index in [1.165, 1.54) is 19.3 Å². The Hall–Kier alpha value is -2.96. The molecule has 0 aromatic carbocycles. The molecule has 2 N–H and O–H groups in total. The van der Waals surface area contributed by atoms with Gasteiger partial charge in [-0.25, -0.2) is 4.98 Å². The highest BCUT2D eigenvalue weighted by atomic mass is 16.2. The van der Waals surface area contributed by atoms with Gasteiger partial charge in [0.15, 0.2) is 11.5 Å². The lowest BCUT2D eigenvalue weighted by Gasteiger charge is -2.35. The number of carbonyl (C=O) groups excluding carboxylic acids is 1. The van der Waals surface area contributed by atoms with E-state index in [0.29, 0.717) is 12.5 Å². The van der Waals surface area contributed by atoms with E-state index < -0.39 is 0 Å². The van der Waals surface area contributed by atoms with Crippen LogP contribution in [0.1, 0.15) is 67.9 Å². The van der Waals surface area contributed by atoms with Crippen molar-refractivity contribution in [3.8, 4) is 0 Å². The number of pyridine rings is 2. The number of piperidine rings is 1. The standard InChI is InChI=1S/C25H32N6O/c1-17-7-5-11-20(27-17)15-26-23-21-12-13-22(28-24(21)30-29-23)19-10-6-14-31(16-19)25(32)18-8-3-2-4-9-18/h5,7,11-13,18-19H,2-4,6,8-10,14-16H2,1H3,(H2,26,28,29,30)/t19-/m1/s1. The number of carbonyl (C=O) groups is 1. The summed E-state index contributed by atoms with van der Waals surface area (Å²) in [5.74, 6) is 1.69. The van der Waals surface area contributed by atoms with Crippen LogP contribution >= 0.6 is 0 Å². The van der Waals surface area contributed by atoms with E-state index in [1.54, 1.807) is 0 Å². The summed E-state index contributed by atoms with van der Waals surface area (Å²) in [4.78, 5) is 24.6. The number of H-pyrrole nitrogens is 1. The Balaban J connectivity index is 1.27. The summed E-state index contributed by atoms with van der Waals surface area (Å²) in [5, 5.41) is 11.9. The van der Waals surface area contributed by atoms with Gasteiger partial charge in [0.05, 0.1) is 17.6 Å². The predicted molar refractivity (Wildman–Crippen MR) is 125 cm³/mol. The van der Waals surface area contributed by atoms with Crippen molar-refractivity contribution in [2.24, 2.45) is 5.92 Å². The molecule has 0 radical (unpaired) electrons. The number of anilines is 1. The van der Waals surface area contributed by atoms with Crippen LogP contribution in [-0.2, 0) is 11.3 Å². The molecule has 2 aliphatic rings. The molecular formula is C25H32N6O. The Morgan fingerprint density at radius 3 is 2.81 bits per heavy atom.